The van der Waals surface area contributed by atoms with Crippen LogP contribution in [0.4, 0.5) is 11.6 Å². The highest BCUT2D eigenvalue weighted by atomic mass is 16.2. The first-order valence-corrected chi connectivity index (χ1v) is 10.3. The maximum absolute atomic E-state index is 13.2. The van der Waals surface area contributed by atoms with Crippen LogP contribution in [0.5, 0.6) is 0 Å². The summed E-state index contributed by atoms with van der Waals surface area (Å²) in [5, 5.41) is 7.78. The number of benzene rings is 1. The molecule has 30 heavy (non-hydrogen) atoms. The second-order valence-electron chi connectivity index (χ2n) is 8.86. The average Bonchev–Trinajstić information content (AvgIpc) is 3.10. The van der Waals surface area contributed by atoms with Gasteiger partial charge in [-0.1, -0.05) is 6.07 Å². The van der Waals surface area contributed by atoms with Crippen molar-refractivity contribution in [3.63, 3.8) is 0 Å². The molecule has 0 unspecified atom stereocenters. The topological polar surface area (TPSA) is 75.9 Å². The van der Waals surface area contributed by atoms with E-state index in [4.69, 9.17) is 0 Å². The SMILES string of the molecule is Cc1cc(C)nc(Nc2cccc(C(=O)N3CCc4c(cnn4C(C)(C)C)C3)c2)n1. The van der Waals surface area contributed by atoms with Crippen molar-refractivity contribution in [3.8, 4) is 0 Å². The zero-order chi connectivity index (χ0) is 21.5. The molecule has 2 aromatic heterocycles. The predicted octanol–water partition coefficient (Wildman–Crippen LogP) is 3.99. The van der Waals surface area contributed by atoms with Crippen LogP contribution in [0.15, 0.2) is 36.5 Å². The minimum atomic E-state index is -0.0595. The highest BCUT2D eigenvalue weighted by Crippen LogP contribution is 2.26. The van der Waals surface area contributed by atoms with Crippen LogP contribution < -0.4 is 5.32 Å². The Morgan fingerprint density at radius 3 is 2.53 bits per heavy atom. The molecule has 3 heterocycles. The Morgan fingerprint density at radius 1 is 1.10 bits per heavy atom. The number of carbonyl (C=O) groups is 1. The highest BCUT2D eigenvalue weighted by molar-refractivity contribution is 5.95. The first-order chi connectivity index (χ1) is 14.2. The molecule has 1 aliphatic heterocycles. The third-order valence-corrected chi connectivity index (χ3v) is 5.21. The number of aryl methyl sites for hydroxylation is 2. The maximum Gasteiger partial charge on any atom is 0.254 e. The largest absolute Gasteiger partial charge is 0.334 e. The maximum atomic E-state index is 13.2. The number of hydrogen-bond acceptors (Lipinski definition) is 5. The Labute approximate surface area is 177 Å². The monoisotopic (exact) mass is 404 g/mol. The fraction of sp³-hybridized carbons (Fsp3) is 0.391. The molecule has 7 heteroatoms. The predicted molar refractivity (Wildman–Crippen MR) is 117 cm³/mol. The molecule has 7 nitrogen and oxygen atoms in total. The van der Waals surface area contributed by atoms with Crippen molar-refractivity contribution in [1.82, 2.24) is 24.6 Å². The minimum absolute atomic E-state index is 0.0224. The van der Waals surface area contributed by atoms with E-state index >= 15 is 0 Å². The van der Waals surface area contributed by atoms with Gasteiger partial charge in [0.2, 0.25) is 5.95 Å². The third-order valence-electron chi connectivity index (χ3n) is 5.21. The smallest absolute Gasteiger partial charge is 0.254 e. The molecule has 0 radical (unpaired) electrons. The average molecular weight is 405 g/mol. The second-order valence-corrected chi connectivity index (χ2v) is 8.86. The number of anilines is 2. The molecule has 0 bridgehead atoms. The van der Waals surface area contributed by atoms with Crippen molar-refractivity contribution in [3.05, 3.63) is 64.7 Å². The number of hydrogen-bond donors (Lipinski definition) is 1. The molecule has 3 aromatic rings. The lowest BCUT2D eigenvalue weighted by Gasteiger charge is -2.30. The van der Waals surface area contributed by atoms with Gasteiger partial charge in [-0.05, 0) is 58.9 Å². The van der Waals surface area contributed by atoms with Crippen molar-refractivity contribution in [2.24, 2.45) is 0 Å². The summed E-state index contributed by atoms with van der Waals surface area (Å²) in [5.41, 5.74) is 5.54. The van der Waals surface area contributed by atoms with Gasteiger partial charge < -0.3 is 10.2 Å². The first kappa shape index (κ1) is 20.1. The van der Waals surface area contributed by atoms with Crippen LogP contribution in [0.3, 0.4) is 0 Å². The van der Waals surface area contributed by atoms with Gasteiger partial charge in [0.1, 0.15) is 0 Å². The minimum Gasteiger partial charge on any atom is -0.334 e. The zero-order valence-corrected chi connectivity index (χ0v) is 18.2. The number of aromatic nitrogens is 4. The van der Waals surface area contributed by atoms with Gasteiger partial charge in [-0.25, -0.2) is 9.97 Å². The second kappa shape index (κ2) is 7.55. The van der Waals surface area contributed by atoms with E-state index in [-0.39, 0.29) is 11.4 Å². The molecular formula is C23H28N6O. The van der Waals surface area contributed by atoms with Crippen LogP contribution >= 0.6 is 0 Å². The summed E-state index contributed by atoms with van der Waals surface area (Å²) in [5.74, 6) is 0.559. The van der Waals surface area contributed by atoms with Crippen LogP contribution in [0.25, 0.3) is 0 Å². The molecule has 0 spiro atoms. The van der Waals surface area contributed by atoms with E-state index < -0.39 is 0 Å². The van der Waals surface area contributed by atoms with Crippen molar-refractivity contribution in [2.75, 3.05) is 11.9 Å². The van der Waals surface area contributed by atoms with Gasteiger partial charge >= 0.3 is 0 Å². The standard InChI is InChI=1S/C23H28N6O/c1-15-11-16(2)26-22(25-15)27-19-8-6-7-17(12-19)21(30)28-10-9-20-18(14-28)13-24-29(20)23(3,4)5/h6-8,11-13H,9-10,14H2,1-5H3,(H,25,26,27). The van der Waals surface area contributed by atoms with Crippen LogP contribution in [0.2, 0.25) is 0 Å². The van der Waals surface area contributed by atoms with Crippen molar-refractivity contribution < 1.29 is 4.79 Å². The number of nitrogens with one attached hydrogen (secondary N) is 1. The molecule has 1 aliphatic rings. The molecular weight excluding hydrogens is 376 g/mol. The molecule has 0 fully saturated rings. The van der Waals surface area contributed by atoms with Crippen LogP contribution in [-0.2, 0) is 18.5 Å². The molecule has 4 rings (SSSR count). The van der Waals surface area contributed by atoms with Gasteiger partial charge in [0.25, 0.3) is 5.91 Å². The van der Waals surface area contributed by atoms with Gasteiger partial charge in [0, 0.05) is 53.4 Å². The van der Waals surface area contributed by atoms with E-state index in [0.29, 0.717) is 24.6 Å². The number of fused-ring (bicyclic) bond motifs is 1. The summed E-state index contributed by atoms with van der Waals surface area (Å²) in [6, 6.07) is 9.43. The Hall–Kier alpha value is -3.22. The molecule has 0 aliphatic carbocycles. The van der Waals surface area contributed by atoms with Crippen molar-refractivity contribution in [2.45, 2.75) is 53.1 Å². The fourth-order valence-corrected chi connectivity index (χ4v) is 3.91. The molecule has 1 N–H and O–H groups in total. The van der Waals surface area contributed by atoms with E-state index in [1.165, 1.54) is 5.69 Å². The number of rotatable bonds is 3. The quantitative estimate of drug-likeness (QED) is 0.714. The number of nitrogens with zero attached hydrogens (tertiary/aromatic N) is 5. The Kier molecular flexibility index (Phi) is 5.05. The zero-order valence-electron chi connectivity index (χ0n) is 18.2. The van der Waals surface area contributed by atoms with Gasteiger partial charge in [-0.15, -0.1) is 0 Å². The lowest BCUT2D eigenvalue weighted by atomic mass is 10.0. The van der Waals surface area contributed by atoms with E-state index in [0.717, 1.165) is 29.1 Å². The van der Waals surface area contributed by atoms with Gasteiger partial charge in [-0.2, -0.15) is 5.10 Å². The van der Waals surface area contributed by atoms with E-state index in [1.54, 1.807) is 0 Å². The normalized spacial score (nSPS) is 13.8. The summed E-state index contributed by atoms with van der Waals surface area (Å²) >= 11 is 0. The number of carbonyl (C=O) groups excluding carboxylic acids is 1. The van der Waals surface area contributed by atoms with Crippen molar-refractivity contribution >= 4 is 17.5 Å². The van der Waals surface area contributed by atoms with E-state index in [1.807, 2.05) is 55.3 Å². The lowest BCUT2D eigenvalue weighted by molar-refractivity contribution is 0.0732. The van der Waals surface area contributed by atoms with Gasteiger partial charge in [-0.3, -0.25) is 9.48 Å². The fourth-order valence-electron chi connectivity index (χ4n) is 3.91. The summed E-state index contributed by atoms with van der Waals surface area (Å²) < 4.78 is 2.08. The summed E-state index contributed by atoms with van der Waals surface area (Å²) in [7, 11) is 0. The Bertz CT molecular complexity index is 1080. The first-order valence-electron chi connectivity index (χ1n) is 10.3. The van der Waals surface area contributed by atoms with Gasteiger partial charge in [0.15, 0.2) is 0 Å². The number of amides is 1. The highest BCUT2D eigenvalue weighted by Gasteiger charge is 2.28. The third kappa shape index (κ3) is 4.06. The molecule has 1 amide bonds. The molecule has 0 saturated heterocycles. The molecule has 1 aromatic carbocycles. The molecule has 0 saturated carbocycles. The lowest BCUT2D eigenvalue weighted by Crippen LogP contribution is -2.37. The van der Waals surface area contributed by atoms with Gasteiger partial charge in [0.05, 0.1) is 11.7 Å². The Morgan fingerprint density at radius 2 is 1.83 bits per heavy atom. The molecule has 156 valence electrons. The van der Waals surface area contributed by atoms with Crippen LogP contribution in [-0.4, -0.2) is 37.1 Å². The van der Waals surface area contributed by atoms with E-state index in [2.05, 4.69) is 45.8 Å². The van der Waals surface area contributed by atoms with E-state index in [9.17, 15) is 4.79 Å². The Balaban J connectivity index is 1.52. The van der Waals surface area contributed by atoms with Crippen molar-refractivity contribution in [1.29, 1.82) is 0 Å². The van der Waals surface area contributed by atoms with Crippen LogP contribution in [0, 0.1) is 13.8 Å². The van der Waals surface area contributed by atoms with Crippen LogP contribution in [0.1, 0.15) is 53.8 Å². The summed E-state index contributed by atoms with van der Waals surface area (Å²) in [6.45, 7) is 11.6. The summed E-state index contributed by atoms with van der Waals surface area (Å²) in [6.07, 6.45) is 2.71. The summed E-state index contributed by atoms with van der Waals surface area (Å²) in [4.78, 5) is 23.9. The molecule has 0 atom stereocenters.